The number of carbonyl (C=O) groups excluding carboxylic acids is 1. The zero-order chi connectivity index (χ0) is 18.1. The maximum atomic E-state index is 13.9. The minimum absolute atomic E-state index is 0.590. The number of amides is 1. The summed E-state index contributed by atoms with van der Waals surface area (Å²) in [7, 11) is 0. The van der Waals surface area contributed by atoms with Gasteiger partial charge in [-0.15, -0.1) is 0 Å². The van der Waals surface area contributed by atoms with Crippen molar-refractivity contribution in [1.82, 2.24) is 5.32 Å². The standard InChI is InChI=1S/C14H10F5NO4/c15-7-1-2-9(16)8(4-7)11-10(20-13(22)23)3-6(5-21)12(24-11)14(17,18)19/h1-2,4,10-12,20H,3H2,(H,22,23)/t10-,11+,12?/m0/s1. The topological polar surface area (TPSA) is 75.6 Å². The van der Waals surface area contributed by atoms with Crippen molar-refractivity contribution in [2.75, 3.05) is 0 Å². The van der Waals surface area contributed by atoms with Crippen LogP contribution < -0.4 is 5.32 Å². The van der Waals surface area contributed by atoms with E-state index in [1.807, 2.05) is 5.32 Å². The van der Waals surface area contributed by atoms with Gasteiger partial charge >= 0.3 is 12.3 Å². The highest BCUT2D eigenvalue weighted by molar-refractivity contribution is 5.65. The third kappa shape index (κ3) is 3.72. The van der Waals surface area contributed by atoms with Crippen molar-refractivity contribution in [2.45, 2.75) is 30.8 Å². The smallest absolute Gasteiger partial charge is 0.419 e. The zero-order valence-electron chi connectivity index (χ0n) is 11.7. The molecular formula is C14H10F5NO4. The molecule has 24 heavy (non-hydrogen) atoms. The first-order valence-electron chi connectivity index (χ1n) is 6.54. The molecule has 0 aromatic heterocycles. The normalized spacial score (nSPS) is 24.4. The number of rotatable bonds is 2. The lowest BCUT2D eigenvalue weighted by Gasteiger charge is -2.37. The minimum Gasteiger partial charge on any atom is -0.465 e. The van der Waals surface area contributed by atoms with E-state index in [4.69, 9.17) is 9.84 Å². The van der Waals surface area contributed by atoms with Crippen LogP contribution >= 0.6 is 0 Å². The second-order valence-corrected chi connectivity index (χ2v) is 5.03. The fourth-order valence-corrected chi connectivity index (χ4v) is 2.45. The molecule has 3 atom stereocenters. The largest absolute Gasteiger partial charge is 0.465 e. The highest BCUT2D eigenvalue weighted by Crippen LogP contribution is 2.41. The molecule has 0 spiro atoms. The fourth-order valence-electron chi connectivity index (χ4n) is 2.45. The van der Waals surface area contributed by atoms with Gasteiger partial charge in [0.1, 0.15) is 23.7 Å². The van der Waals surface area contributed by atoms with Crippen molar-refractivity contribution in [3.8, 4) is 0 Å². The molecule has 1 aliphatic heterocycles. The Morgan fingerprint density at radius 3 is 2.54 bits per heavy atom. The Bertz CT molecular complexity index is 699. The highest BCUT2D eigenvalue weighted by Gasteiger charge is 2.51. The third-order valence-electron chi connectivity index (χ3n) is 3.41. The molecule has 1 aromatic rings. The monoisotopic (exact) mass is 351 g/mol. The van der Waals surface area contributed by atoms with Crippen LogP contribution in [0.2, 0.25) is 0 Å². The molecule has 5 nitrogen and oxygen atoms in total. The van der Waals surface area contributed by atoms with Crippen molar-refractivity contribution in [3.63, 3.8) is 0 Å². The van der Waals surface area contributed by atoms with Crippen molar-refractivity contribution in [1.29, 1.82) is 0 Å². The van der Waals surface area contributed by atoms with Crippen molar-refractivity contribution in [3.05, 3.63) is 41.0 Å². The van der Waals surface area contributed by atoms with Gasteiger partial charge in [0, 0.05) is 12.0 Å². The third-order valence-corrected chi connectivity index (χ3v) is 3.41. The van der Waals surface area contributed by atoms with Crippen LogP contribution in [0.4, 0.5) is 26.7 Å². The molecule has 0 bridgehead atoms. The average molecular weight is 351 g/mol. The molecule has 10 heteroatoms. The summed E-state index contributed by atoms with van der Waals surface area (Å²) >= 11 is 0. The minimum atomic E-state index is -5.00. The Morgan fingerprint density at radius 2 is 2.00 bits per heavy atom. The lowest BCUT2D eigenvalue weighted by atomic mass is 9.90. The van der Waals surface area contributed by atoms with Gasteiger partial charge < -0.3 is 15.2 Å². The Hall–Kier alpha value is -2.45. The van der Waals surface area contributed by atoms with Gasteiger partial charge in [-0.3, -0.25) is 0 Å². The molecule has 0 radical (unpaired) electrons. The summed E-state index contributed by atoms with van der Waals surface area (Å²) in [5.74, 6) is -0.929. The molecule has 1 heterocycles. The Balaban J connectivity index is 2.49. The van der Waals surface area contributed by atoms with Crippen molar-refractivity contribution in [2.24, 2.45) is 0 Å². The predicted octanol–water partition coefficient (Wildman–Crippen LogP) is 2.75. The molecule has 130 valence electrons. The Labute approximate surface area is 131 Å². The van der Waals surface area contributed by atoms with Gasteiger partial charge in [-0.25, -0.2) is 18.4 Å². The molecule has 1 aromatic carbocycles. The fraction of sp³-hybridized carbons (Fsp3) is 0.357. The van der Waals surface area contributed by atoms with E-state index in [1.54, 1.807) is 0 Å². The first kappa shape index (κ1) is 17.9. The van der Waals surface area contributed by atoms with E-state index in [1.165, 1.54) is 0 Å². The number of alkyl halides is 3. The number of benzene rings is 1. The van der Waals surface area contributed by atoms with Crippen LogP contribution in [-0.4, -0.2) is 35.5 Å². The molecule has 2 N–H and O–H groups in total. The number of hydrogen-bond acceptors (Lipinski definition) is 3. The summed E-state index contributed by atoms with van der Waals surface area (Å²) in [6.07, 6.45) is -11.8. The first-order valence-corrected chi connectivity index (χ1v) is 6.54. The molecule has 1 unspecified atom stereocenters. The van der Waals surface area contributed by atoms with Crippen LogP contribution in [0.25, 0.3) is 0 Å². The summed E-state index contributed by atoms with van der Waals surface area (Å²) in [4.78, 5) is 21.6. The number of ether oxygens (including phenoxy) is 1. The number of carbonyl (C=O) groups is 1. The van der Waals surface area contributed by atoms with Crippen LogP contribution in [0, 0.1) is 11.6 Å². The summed E-state index contributed by atoms with van der Waals surface area (Å²) in [5.41, 5.74) is -1.46. The van der Waals surface area contributed by atoms with Gasteiger partial charge in [-0.1, -0.05) is 0 Å². The lowest BCUT2D eigenvalue weighted by Crippen LogP contribution is -2.49. The molecule has 0 saturated carbocycles. The molecule has 1 fully saturated rings. The Kier molecular flexibility index (Phi) is 4.91. The van der Waals surface area contributed by atoms with Crippen LogP contribution in [0.5, 0.6) is 0 Å². The van der Waals surface area contributed by atoms with Gasteiger partial charge in [0.05, 0.1) is 11.6 Å². The quantitative estimate of drug-likeness (QED) is 0.635. The SMILES string of the molecule is O=C=C1C[C@H](NC(=O)O)[C@@H](c2cc(F)ccc2F)OC1C(F)(F)F. The molecule has 2 rings (SSSR count). The maximum absolute atomic E-state index is 13.9. The molecule has 0 aliphatic carbocycles. The van der Waals surface area contributed by atoms with Crippen LogP contribution in [0.3, 0.4) is 0 Å². The van der Waals surface area contributed by atoms with E-state index in [0.717, 1.165) is 12.0 Å². The van der Waals surface area contributed by atoms with Crippen molar-refractivity contribution >= 4 is 12.0 Å². The second kappa shape index (κ2) is 6.58. The molecule has 1 aliphatic rings. The number of nitrogens with one attached hydrogen (secondary N) is 1. The summed E-state index contributed by atoms with van der Waals surface area (Å²) < 4.78 is 71.0. The van der Waals surface area contributed by atoms with Crippen LogP contribution in [-0.2, 0) is 9.53 Å². The van der Waals surface area contributed by atoms with E-state index in [2.05, 4.69) is 0 Å². The molecular weight excluding hydrogens is 341 g/mol. The highest BCUT2D eigenvalue weighted by atomic mass is 19.4. The van der Waals surface area contributed by atoms with Gasteiger partial charge in [0.25, 0.3) is 0 Å². The number of carboxylic acid groups (broad SMARTS) is 1. The van der Waals surface area contributed by atoms with E-state index < -0.39 is 59.7 Å². The van der Waals surface area contributed by atoms with E-state index in [9.17, 15) is 31.5 Å². The van der Waals surface area contributed by atoms with Crippen molar-refractivity contribution < 1.29 is 41.4 Å². The van der Waals surface area contributed by atoms with E-state index in [0.29, 0.717) is 12.1 Å². The van der Waals surface area contributed by atoms with E-state index >= 15 is 0 Å². The van der Waals surface area contributed by atoms with Gasteiger partial charge in [0.2, 0.25) is 0 Å². The van der Waals surface area contributed by atoms with Crippen LogP contribution in [0.1, 0.15) is 18.1 Å². The van der Waals surface area contributed by atoms with Gasteiger partial charge in [0.15, 0.2) is 6.10 Å². The second-order valence-electron chi connectivity index (χ2n) is 5.03. The number of halogens is 5. The Morgan fingerprint density at radius 1 is 1.33 bits per heavy atom. The van der Waals surface area contributed by atoms with Crippen LogP contribution in [0.15, 0.2) is 23.8 Å². The average Bonchev–Trinajstić information content (AvgIpc) is 2.47. The molecule has 1 saturated heterocycles. The lowest BCUT2D eigenvalue weighted by molar-refractivity contribution is -0.232. The summed E-state index contributed by atoms with van der Waals surface area (Å²) in [6, 6.07) is 0.618. The summed E-state index contributed by atoms with van der Waals surface area (Å²) in [5, 5.41) is 10.6. The van der Waals surface area contributed by atoms with Gasteiger partial charge in [-0.05, 0) is 18.2 Å². The van der Waals surface area contributed by atoms with E-state index in [-0.39, 0.29) is 0 Å². The molecule has 1 amide bonds. The summed E-state index contributed by atoms with van der Waals surface area (Å²) in [6.45, 7) is 0. The first-order chi connectivity index (χ1) is 11.1. The zero-order valence-corrected chi connectivity index (χ0v) is 11.7. The van der Waals surface area contributed by atoms with Gasteiger partial charge in [-0.2, -0.15) is 13.2 Å². The predicted molar refractivity (Wildman–Crippen MR) is 68.8 cm³/mol. The maximum Gasteiger partial charge on any atom is 0.419 e. The number of hydrogen-bond donors (Lipinski definition) is 2.